The summed E-state index contributed by atoms with van der Waals surface area (Å²) in [5, 5.41) is 10.3. The van der Waals surface area contributed by atoms with E-state index in [2.05, 4.69) is 0 Å². The third-order valence-corrected chi connectivity index (χ3v) is 2.99. The molecule has 0 spiro atoms. The molecule has 6 heteroatoms. The van der Waals surface area contributed by atoms with Crippen molar-refractivity contribution < 1.29 is 14.5 Å². The van der Waals surface area contributed by atoms with Gasteiger partial charge in [-0.1, -0.05) is 30.3 Å². The zero-order chi connectivity index (χ0) is 14.7. The predicted octanol–water partition coefficient (Wildman–Crippen LogP) is 3.65. The molecule has 0 atom stereocenters. The van der Waals surface area contributed by atoms with Crippen molar-refractivity contribution in [2.75, 3.05) is 7.11 Å². The van der Waals surface area contributed by atoms with E-state index in [0.717, 1.165) is 5.56 Å². The minimum Gasteiger partial charge on any atom is -0.490 e. The summed E-state index contributed by atoms with van der Waals surface area (Å²) in [7, 11) is 1.26. The Labute approximate surface area is 119 Å². The summed E-state index contributed by atoms with van der Waals surface area (Å²) < 4.78 is 4.94. The van der Waals surface area contributed by atoms with Crippen LogP contribution in [-0.4, -0.2) is 17.3 Å². The molecule has 2 rings (SSSR count). The van der Waals surface area contributed by atoms with E-state index in [9.17, 15) is 14.9 Å². The Balaban J connectivity index is 2.73. The van der Waals surface area contributed by atoms with Crippen molar-refractivity contribution in [1.29, 1.82) is 0 Å². The van der Waals surface area contributed by atoms with Gasteiger partial charge in [0.25, 0.3) is 5.24 Å². The third kappa shape index (κ3) is 2.62. The summed E-state index contributed by atoms with van der Waals surface area (Å²) in [6.07, 6.45) is 0. The van der Waals surface area contributed by atoms with Crippen LogP contribution in [-0.2, 0) is 0 Å². The van der Waals surface area contributed by atoms with Crippen molar-refractivity contribution in [3.63, 3.8) is 0 Å². The molecule has 0 heterocycles. The largest absolute Gasteiger partial charge is 0.490 e. The molecule has 0 radical (unpaired) electrons. The number of carbonyl (C=O) groups excluding carboxylic acids is 1. The number of ether oxygens (including phenoxy) is 1. The Morgan fingerprint density at radius 1 is 1.20 bits per heavy atom. The van der Waals surface area contributed by atoms with Gasteiger partial charge in [-0.05, 0) is 28.8 Å². The molecule has 0 saturated heterocycles. The van der Waals surface area contributed by atoms with Gasteiger partial charge in [-0.15, -0.1) is 0 Å². The quantitative estimate of drug-likeness (QED) is 0.490. The Kier molecular flexibility index (Phi) is 4.00. The van der Waals surface area contributed by atoms with Crippen LogP contribution in [0.5, 0.6) is 5.75 Å². The first-order chi connectivity index (χ1) is 9.54. The lowest BCUT2D eigenvalue weighted by atomic mass is 10.0. The van der Waals surface area contributed by atoms with Gasteiger partial charge in [0.05, 0.1) is 17.6 Å². The summed E-state index contributed by atoms with van der Waals surface area (Å²) in [6, 6.07) is 11.8. The number of nitrogens with zero attached hydrogens (tertiary/aromatic N) is 1. The fourth-order valence-corrected chi connectivity index (χ4v) is 2.05. The van der Waals surface area contributed by atoms with E-state index in [1.165, 1.54) is 19.2 Å². The molecule has 0 aliphatic heterocycles. The second kappa shape index (κ2) is 5.71. The number of hydrogen-bond acceptors (Lipinski definition) is 4. The number of nitro benzene ring substituents is 1. The highest BCUT2D eigenvalue weighted by atomic mass is 35.5. The maximum Gasteiger partial charge on any atom is 0.312 e. The lowest BCUT2D eigenvalue weighted by molar-refractivity contribution is -0.385. The number of carbonyl (C=O) groups is 1. The Morgan fingerprint density at radius 3 is 2.35 bits per heavy atom. The van der Waals surface area contributed by atoms with Crippen molar-refractivity contribution in [3.05, 3.63) is 58.1 Å². The standard InChI is InChI=1S/C14H10ClNO4/c1-20-13-11(14(15)17)7-10(8-12(13)16(18)19)9-5-3-2-4-6-9/h2-8H,1H3. The van der Waals surface area contributed by atoms with Crippen molar-refractivity contribution in [2.24, 2.45) is 0 Å². The highest BCUT2D eigenvalue weighted by Gasteiger charge is 2.24. The smallest absolute Gasteiger partial charge is 0.312 e. The van der Waals surface area contributed by atoms with E-state index in [-0.39, 0.29) is 17.0 Å². The van der Waals surface area contributed by atoms with Crippen LogP contribution in [0, 0.1) is 10.1 Å². The van der Waals surface area contributed by atoms with Crippen LogP contribution >= 0.6 is 11.6 Å². The first kappa shape index (κ1) is 14.0. The van der Waals surface area contributed by atoms with Gasteiger partial charge in [0.15, 0.2) is 0 Å². The normalized spacial score (nSPS) is 10.1. The molecule has 2 aromatic carbocycles. The number of benzene rings is 2. The SMILES string of the molecule is COc1c(C(=O)Cl)cc(-c2ccccc2)cc1[N+](=O)[O-]. The lowest BCUT2D eigenvalue weighted by Crippen LogP contribution is -2.01. The van der Waals surface area contributed by atoms with E-state index in [1.54, 1.807) is 24.3 Å². The van der Waals surface area contributed by atoms with Gasteiger partial charge in [0.2, 0.25) is 5.75 Å². The zero-order valence-corrected chi connectivity index (χ0v) is 11.3. The van der Waals surface area contributed by atoms with Gasteiger partial charge < -0.3 is 4.74 Å². The maximum atomic E-state index is 11.4. The molecule has 0 N–H and O–H groups in total. The molecule has 5 nitrogen and oxygen atoms in total. The van der Waals surface area contributed by atoms with Crippen LogP contribution in [0.3, 0.4) is 0 Å². The molecule has 0 fully saturated rings. The Morgan fingerprint density at radius 2 is 1.85 bits per heavy atom. The summed E-state index contributed by atoms with van der Waals surface area (Å²) in [4.78, 5) is 22.0. The summed E-state index contributed by atoms with van der Waals surface area (Å²) in [5.41, 5.74) is 0.958. The number of rotatable bonds is 4. The van der Waals surface area contributed by atoms with Crippen molar-refractivity contribution in [2.45, 2.75) is 0 Å². The van der Waals surface area contributed by atoms with E-state index >= 15 is 0 Å². The molecule has 0 amide bonds. The summed E-state index contributed by atoms with van der Waals surface area (Å²) in [5.74, 6) is -0.130. The van der Waals surface area contributed by atoms with Crippen LogP contribution < -0.4 is 4.74 Å². The molecular formula is C14H10ClNO4. The van der Waals surface area contributed by atoms with Crippen molar-refractivity contribution in [1.82, 2.24) is 0 Å². The zero-order valence-electron chi connectivity index (χ0n) is 10.5. The van der Waals surface area contributed by atoms with Gasteiger partial charge in [-0.25, -0.2) is 0 Å². The third-order valence-electron chi connectivity index (χ3n) is 2.79. The fourth-order valence-electron chi connectivity index (χ4n) is 1.91. The highest BCUT2D eigenvalue weighted by molar-refractivity contribution is 6.68. The number of hydrogen-bond donors (Lipinski definition) is 0. The minimum atomic E-state index is -0.803. The molecule has 0 unspecified atom stereocenters. The molecule has 0 bridgehead atoms. The molecule has 102 valence electrons. The Hall–Kier alpha value is -2.40. The van der Waals surface area contributed by atoms with E-state index in [1.807, 2.05) is 6.07 Å². The topological polar surface area (TPSA) is 69.4 Å². The van der Waals surface area contributed by atoms with Crippen LogP contribution in [0.25, 0.3) is 11.1 Å². The van der Waals surface area contributed by atoms with Crippen LogP contribution in [0.2, 0.25) is 0 Å². The first-order valence-electron chi connectivity index (χ1n) is 5.66. The van der Waals surface area contributed by atoms with Crippen molar-refractivity contribution in [3.8, 4) is 16.9 Å². The van der Waals surface area contributed by atoms with Gasteiger partial charge in [-0.3, -0.25) is 14.9 Å². The minimum absolute atomic E-state index is 0.0257. The van der Waals surface area contributed by atoms with Crippen LogP contribution in [0.15, 0.2) is 42.5 Å². The second-order valence-electron chi connectivity index (χ2n) is 3.97. The number of halogens is 1. The number of nitro groups is 1. The van der Waals surface area contributed by atoms with E-state index < -0.39 is 10.2 Å². The van der Waals surface area contributed by atoms with Gasteiger partial charge in [0, 0.05) is 6.07 Å². The second-order valence-corrected chi connectivity index (χ2v) is 4.32. The van der Waals surface area contributed by atoms with Gasteiger partial charge in [0.1, 0.15) is 0 Å². The molecule has 2 aromatic rings. The molecular weight excluding hydrogens is 282 g/mol. The molecule has 0 aliphatic rings. The van der Waals surface area contributed by atoms with Crippen LogP contribution in [0.1, 0.15) is 10.4 Å². The summed E-state index contributed by atoms with van der Waals surface area (Å²) >= 11 is 5.48. The molecule has 0 saturated carbocycles. The van der Waals surface area contributed by atoms with E-state index in [0.29, 0.717) is 5.56 Å². The van der Waals surface area contributed by atoms with Gasteiger partial charge in [-0.2, -0.15) is 0 Å². The predicted molar refractivity (Wildman–Crippen MR) is 75.3 cm³/mol. The van der Waals surface area contributed by atoms with E-state index in [4.69, 9.17) is 16.3 Å². The lowest BCUT2D eigenvalue weighted by Gasteiger charge is -2.09. The monoisotopic (exact) mass is 291 g/mol. The van der Waals surface area contributed by atoms with Gasteiger partial charge >= 0.3 is 5.69 Å². The molecule has 0 aliphatic carbocycles. The number of methoxy groups -OCH3 is 1. The molecule has 0 aromatic heterocycles. The first-order valence-corrected chi connectivity index (χ1v) is 6.04. The average Bonchev–Trinajstić information content (AvgIpc) is 2.46. The summed E-state index contributed by atoms with van der Waals surface area (Å²) in [6.45, 7) is 0. The van der Waals surface area contributed by atoms with Crippen molar-refractivity contribution >= 4 is 22.5 Å². The highest BCUT2D eigenvalue weighted by Crippen LogP contribution is 2.36. The fraction of sp³-hybridized carbons (Fsp3) is 0.0714. The average molecular weight is 292 g/mol. The molecule has 20 heavy (non-hydrogen) atoms. The van der Waals surface area contributed by atoms with Crippen LogP contribution in [0.4, 0.5) is 5.69 Å². The maximum absolute atomic E-state index is 11.4. The Bertz CT molecular complexity index is 635.